The molecule has 84 valence electrons. The lowest BCUT2D eigenvalue weighted by Gasteiger charge is -2.39. The summed E-state index contributed by atoms with van der Waals surface area (Å²) in [6.07, 6.45) is 3.35. The van der Waals surface area contributed by atoms with E-state index in [1.807, 2.05) is 7.05 Å². The van der Waals surface area contributed by atoms with E-state index >= 15 is 0 Å². The summed E-state index contributed by atoms with van der Waals surface area (Å²) in [7, 11) is 1.87. The van der Waals surface area contributed by atoms with Crippen LogP contribution in [0.3, 0.4) is 0 Å². The van der Waals surface area contributed by atoms with Gasteiger partial charge >= 0.3 is 0 Å². The molecular weight excluding hydrogens is 206 g/mol. The van der Waals surface area contributed by atoms with Gasteiger partial charge < -0.3 is 10.0 Å². The molecule has 1 saturated heterocycles. The molecule has 1 N–H and O–H groups in total. The number of aromatic nitrogens is 4. The van der Waals surface area contributed by atoms with Crippen LogP contribution in [0, 0.1) is 5.92 Å². The molecule has 1 aliphatic rings. The van der Waals surface area contributed by atoms with Crippen molar-refractivity contribution >= 4 is 16.9 Å². The second-order valence-corrected chi connectivity index (χ2v) is 4.16. The summed E-state index contributed by atoms with van der Waals surface area (Å²) in [5.41, 5.74) is 0.845. The van der Waals surface area contributed by atoms with Gasteiger partial charge in [-0.2, -0.15) is 5.10 Å². The van der Waals surface area contributed by atoms with Crippen LogP contribution in [-0.2, 0) is 7.05 Å². The molecule has 0 saturated carbocycles. The molecule has 1 fully saturated rings. The number of fused-ring (bicyclic) bond motifs is 1. The van der Waals surface area contributed by atoms with E-state index in [0.717, 1.165) is 29.9 Å². The van der Waals surface area contributed by atoms with Crippen molar-refractivity contribution in [2.24, 2.45) is 13.0 Å². The van der Waals surface area contributed by atoms with Crippen LogP contribution in [0.1, 0.15) is 0 Å². The summed E-state index contributed by atoms with van der Waals surface area (Å²) in [5, 5.41) is 14.1. The van der Waals surface area contributed by atoms with Gasteiger partial charge in [-0.25, -0.2) is 9.97 Å². The summed E-state index contributed by atoms with van der Waals surface area (Å²) in [5.74, 6) is 1.30. The maximum absolute atomic E-state index is 8.99. The molecule has 0 radical (unpaired) electrons. The van der Waals surface area contributed by atoms with E-state index in [1.54, 1.807) is 17.2 Å². The SMILES string of the molecule is Cn1ncc2c(N3CC(CO)C3)ncnc21. The van der Waals surface area contributed by atoms with Gasteiger partial charge in [0.05, 0.1) is 11.6 Å². The van der Waals surface area contributed by atoms with Crippen molar-refractivity contribution in [3.8, 4) is 0 Å². The first-order valence-electron chi connectivity index (χ1n) is 5.28. The summed E-state index contributed by atoms with van der Waals surface area (Å²) >= 11 is 0. The van der Waals surface area contributed by atoms with Crippen molar-refractivity contribution in [2.75, 3.05) is 24.6 Å². The van der Waals surface area contributed by atoms with E-state index in [9.17, 15) is 0 Å². The first-order chi connectivity index (χ1) is 7.79. The highest BCUT2D eigenvalue weighted by atomic mass is 16.3. The third-order valence-electron chi connectivity index (χ3n) is 3.02. The molecule has 2 aromatic rings. The number of hydrogen-bond acceptors (Lipinski definition) is 5. The van der Waals surface area contributed by atoms with Crippen LogP contribution in [-0.4, -0.2) is 44.6 Å². The standard InChI is InChI=1S/C10H13N5O/c1-14-9-8(2-13-14)10(12-6-11-9)15-3-7(4-15)5-16/h2,6-7,16H,3-5H2,1H3. The van der Waals surface area contributed by atoms with Gasteiger partial charge in [0.2, 0.25) is 0 Å². The molecule has 0 spiro atoms. The smallest absolute Gasteiger partial charge is 0.163 e. The Morgan fingerprint density at radius 2 is 2.25 bits per heavy atom. The van der Waals surface area contributed by atoms with Crippen LogP contribution in [0.4, 0.5) is 5.82 Å². The molecule has 3 heterocycles. The largest absolute Gasteiger partial charge is 0.396 e. The van der Waals surface area contributed by atoms with E-state index in [0.29, 0.717) is 5.92 Å². The average molecular weight is 219 g/mol. The summed E-state index contributed by atoms with van der Waals surface area (Å²) < 4.78 is 1.74. The van der Waals surface area contributed by atoms with Crippen LogP contribution in [0.25, 0.3) is 11.0 Å². The zero-order chi connectivity index (χ0) is 11.1. The highest BCUT2D eigenvalue weighted by molar-refractivity contribution is 5.86. The molecule has 0 aromatic carbocycles. The highest BCUT2D eigenvalue weighted by Crippen LogP contribution is 2.27. The summed E-state index contributed by atoms with van der Waals surface area (Å²) in [4.78, 5) is 10.6. The zero-order valence-electron chi connectivity index (χ0n) is 9.04. The van der Waals surface area contributed by atoms with Crippen molar-refractivity contribution in [1.29, 1.82) is 0 Å². The van der Waals surface area contributed by atoms with Crippen LogP contribution < -0.4 is 4.90 Å². The Labute approximate surface area is 92.5 Å². The van der Waals surface area contributed by atoms with E-state index in [1.165, 1.54) is 0 Å². The Bertz CT molecular complexity index is 517. The van der Waals surface area contributed by atoms with Gasteiger partial charge in [-0.05, 0) is 0 Å². The lowest BCUT2D eigenvalue weighted by atomic mass is 10.0. The second kappa shape index (κ2) is 3.41. The molecule has 16 heavy (non-hydrogen) atoms. The molecule has 0 bridgehead atoms. The van der Waals surface area contributed by atoms with Crippen molar-refractivity contribution in [3.63, 3.8) is 0 Å². The van der Waals surface area contributed by atoms with Crippen LogP contribution in [0.15, 0.2) is 12.5 Å². The third kappa shape index (κ3) is 1.26. The lowest BCUT2D eigenvalue weighted by molar-refractivity contribution is 0.200. The predicted octanol–water partition coefficient (Wildman–Crippen LogP) is -0.208. The third-order valence-corrected chi connectivity index (χ3v) is 3.02. The predicted molar refractivity (Wildman–Crippen MR) is 59.1 cm³/mol. The second-order valence-electron chi connectivity index (χ2n) is 4.16. The number of rotatable bonds is 2. The molecule has 2 aromatic heterocycles. The fourth-order valence-corrected chi connectivity index (χ4v) is 2.06. The van der Waals surface area contributed by atoms with Gasteiger partial charge in [0, 0.05) is 32.7 Å². The minimum absolute atomic E-state index is 0.248. The molecule has 0 atom stereocenters. The Kier molecular flexibility index (Phi) is 2.03. The summed E-state index contributed by atoms with van der Waals surface area (Å²) in [6, 6.07) is 0. The Hall–Kier alpha value is -1.69. The molecule has 0 aliphatic carbocycles. The molecule has 6 nitrogen and oxygen atoms in total. The summed E-state index contributed by atoms with van der Waals surface area (Å²) in [6.45, 7) is 1.97. The van der Waals surface area contributed by atoms with Crippen LogP contribution >= 0.6 is 0 Å². The fourth-order valence-electron chi connectivity index (χ4n) is 2.06. The maximum atomic E-state index is 8.99. The van der Waals surface area contributed by atoms with Gasteiger partial charge in [-0.3, -0.25) is 4.68 Å². The highest BCUT2D eigenvalue weighted by Gasteiger charge is 2.28. The van der Waals surface area contributed by atoms with E-state index in [-0.39, 0.29) is 6.61 Å². The zero-order valence-corrected chi connectivity index (χ0v) is 9.04. The molecule has 6 heteroatoms. The van der Waals surface area contributed by atoms with Gasteiger partial charge in [0.15, 0.2) is 5.65 Å². The molecule has 1 aliphatic heterocycles. The van der Waals surface area contributed by atoms with Crippen LogP contribution in [0.2, 0.25) is 0 Å². The number of anilines is 1. The molecular formula is C10H13N5O. The quantitative estimate of drug-likeness (QED) is 0.757. The number of hydrogen-bond donors (Lipinski definition) is 1. The van der Waals surface area contributed by atoms with Gasteiger partial charge in [0.25, 0.3) is 0 Å². The first-order valence-corrected chi connectivity index (χ1v) is 5.28. The normalized spacial score (nSPS) is 16.8. The van der Waals surface area contributed by atoms with Crippen molar-refractivity contribution in [1.82, 2.24) is 19.7 Å². The monoisotopic (exact) mass is 219 g/mol. The van der Waals surface area contributed by atoms with E-state index in [4.69, 9.17) is 5.11 Å². The topological polar surface area (TPSA) is 67.1 Å². The number of aliphatic hydroxyl groups excluding tert-OH is 1. The average Bonchev–Trinajstić information content (AvgIpc) is 2.60. The molecule has 3 rings (SSSR count). The Morgan fingerprint density at radius 1 is 1.44 bits per heavy atom. The fraction of sp³-hybridized carbons (Fsp3) is 0.500. The maximum Gasteiger partial charge on any atom is 0.163 e. The minimum atomic E-state index is 0.248. The molecule has 0 amide bonds. The van der Waals surface area contributed by atoms with Gasteiger partial charge in [0.1, 0.15) is 12.1 Å². The Morgan fingerprint density at radius 3 is 3.00 bits per heavy atom. The number of nitrogens with zero attached hydrogens (tertiary/aromatic N) is 5. The minimum Gasteiger partial charge on any atom is -0.396 e. The van der Waals surface area contributed by atoms with Crippen molar-refractivity contribution < 1.29 is 5.11 Å². The van der Waals surface area contributed by atoms with Crippen molar-refractivity contribution in [3.05, 3.63) is 12.5 Å². The van der Waals surface area contributed by atoms with Crippen LogP contribution in [0.5, 0.6) is 0 Å². The van der Waals surface area contributed by atoms with E-state index < -0.39 is 0 Å². The first kappa shape index (κ1) is 9.53. The number of aliphatic hydroxyl groups is 1. The van der Waals surface area contributed by atoms with E-state index in [2.05, 4.69) is 20.0 Å². The number of aryl methyl sites for hydroxylation is 1. The van der Waals surface area contributed by atoms with Crippen molar-refractivity contribution in [2.45, 2.75) is 0 Å². The lowest BCUT2D eigenvalue weighted by Crippen LogP contribution is -2.48. The van der Waals surface area contributed by atoms with Gasteiger partial charge in [-0.15, -0.1) is 0 Å². The Balaban J connectivity index is 1.98. The molecule has 0 unspecified atom stereocenters. The van der Waals surface area contributed by atoms with Gasteiger partial charge in [-0.1, -0.05) is 0 Å².